The molecule has 0 saturated heterocycles. The van der Waals surface area contributed by atoms with Gasteiger partial charge in [-0.1, -0.05) is 46.3 Å². The van der Waals surface area contributed by atoms with Crippen LogP contribution in [0.1, 0.15) is 11.1 Å². The van der Waals surface area contributed by atoms with Crippen molar-refractivity contribution in [2.24, 2.45) is 5.10 Å². The Morgan fingerprint density at radius 1 is 1.00 bits per heavy atom. The molecule has 2 aromatic heterocycles. The number of nitro benzene ring substituents is 1. The van der Waals surface area contributed by atoms with Crippen molar-refractivity contribution in [3.63, 3.8) is 0 Å². The summed E-state index contributed by atoms with van der Waals surface area (Å²) in [5.41, 5.74) is 1.62. The number of rotatable bonds is 8. The van der Waals surface area contributed by atoms with Crippen LogP contribution >= 0.6 is 15.9 Å². The van der Waals surface area contributed by atoms with E-state index in [1.165, 1.54) is 24.4 Å². The third kappa shape index (κ3) is 5.25. The second kappa shape index (κ2) is 11.3. The largest absolute Gasteiger partial charge is 0.496 e. The first-order chi connectivity index (χ1) is 20.4. The topological polar surface area (TPSA) is 122 Å². The van der Waals surface area contributed by atoms with Crippen LogP contribution < -0.4 is 15.0 Å². The second-order valence-electron chi connectivity index (χ2n) is 9.19. The van der Waals surface area contributed by atoms with E-state index in [0.29, 0.717) is 44.7 Å². The Kier molecular flexibility index (Phi) is 7.24. The number of methoxy groups -OCH3 is 1. The van der Waals surface area contributed by atoms with Crippen molar-refractivity contribution in [3.8, 4) is 23.1 Å². The van der Waals surface area contributed by atoms with Gasteiger partial charge in [0.1, 0.15) is 23.7 Å². The summed E-state index contributed by atoms with van der Waals surface area (Å²) in [5, 5.41) is 17.1. The maximum absolute atomic E-state index is 13.7. The molecule has 0 radical (unpaired) electrons. The number of furan rings is 1. The SMILES string of the molecule is COc1cccc2oc(-c3nc4ccccc4c(=O)n3N=Cc3cc([N+](=O)[O-])ccc3OCc3ccc(Br)cc3)cc12. The molecule has 42 heavy (non-hydrogen) atoms. The van der Waals surface area contributed by atoms with Crippen LogP contribution in [0.2, 0.25) is 0 Å². The molecule has 6 aromatic rings. The quantitative estimate of drug-likeness (QED) is 0.102. The molecule has 0 spiro atoms. The summed E-state index contributed by atoms with van der Waals surface area (Å²) in [7, 11) is 1.56. The van der Waals surface area contributed by atoms with Crippen molar-refractivity contribution in [3.05, 3.63) is 127 Å². The number of hydrogen-bond donors (Lipinski definition) is 0. The zero-order chi connectivity index (χ0) is 29.2. The first-order valence-corrected chi connectivity index (χ1v) is 13.5. The molecule has 0 N–H and O–H groups in total. The number of nitro groups is 1. The van der Waals surface area contributed by atoms with Gasteiger partial charge in [0.15, 0.2) is 5.76 Å². The molecule has 208 valence electrons. The lowest BCUT2D eigenvalue weighted by atomic mass is 10.2. The summed E-state index contributed by atoms with van der Waals surface area (Å²) in [6, 6.07) is 25.8. The maximum Gasteiger partial charge on any atom is 0.282 e. The Morgan fingerprint density at radius 2 is 1.81 bits per heavy atom. The number of halogens is 1. The van der Waals surface area contributed by atoms with Gasteiger partial charge in [0.05, 0.1) is 34.5 Å². The summed E-state index contributed by atoms with van der Waals surface area (Å²) in [5.74, 6) is 1.39. The normalized spacial score (nSPS) is 11.4. The number of aromatic nitrogens is 2. The smallest absolute Gasteiger partial charge is 0.282 e. The lowest BCUT2D eigenvalue weighted by Crippen LogP contribution is -2.20. The molecular weight excluding hydrogens is 604 g/mol. The van der Waals surface area contributed by atoms with Gasteiger partial charge < -0.3 is 13.9 Å². The molecule has 0 atom stereocenters. The molecule has 6 rings (SSSR count). The van der Waals surface area contributed by atoms with Crippen molar-refractivity contribution >= 4 is 49.7 Å². The fourth-order valence-electron chi connectivity index (χ4n) is 4.46. The molecule has 11 heteroatoms. The lowest BCUT2D eigenvalue weighted by molar-refractivity contribution is -0.384. The fourth-order valence-corrected chi connectivity index (χ4v) is 4.72. The molecule has 0 bridgehead atoms. The third-order valence-electron chi connectivity index (χ3n) is 6.54. The number of benzene rings is 4. The zero-order valence-electron chi connectivity index (χ0n) is 22.1. The van der Waals surface area contributed by atoms with Gasteiger partial charge in [0, 0.05) is 22.2 Å². The van der Waals surface area contributed by atoms with Gasteiger partial charge in [0.25, 0.3) is 11.2 Å². The van der Waals surface area contributed by atoms with Gasteiger partial charge >= 0.3 is 0 Å². The van der Waals surface area contributed by atoms with E-state index in [4.69, 9.17) is 18.9 Å². The zero-order valence-corrected chi connectivity index (χ0v) is 23.6. The van der Waals surface area contributed by atoms with Gasteiger partial charge in [-0.25, -0.2) is 4.98 Å². The fraction of sp³-hybridized carbons (Fsp3) is 0.0645. The molecule has 0 aliphatic heterocycles. The lowest BCUT2D eigenvalue weighted by Gasteiger charge is -2.10. The Hall–Kier alpha value is -5.29. The Balaban J connectivity index is 1.47. The first kappa shape index (κ1) is 26.9. The highest BCUT2D eigenvalue weighted by Gasteiger charge is 2.18. The molecule has 0 fully saturated rings. The van der Waals surface area contributed by atoms with Crippen molar-refractivity contribution in [2.75, 3.05) is 7.11 Å². The summed E-state index contributed by atoms with van der Waals surface area (Å²) in [4.78, 5) is 29.4. The van der Waals surface area contributed by atoms with E-state index in [-0.39, 0.29) is 18.1 Å². The third-order valence-corrected chi connectivity index (χ3v) is 7.07. The van der Waals surface area contributed by atoms with Gasteiger partial charge in [-0.2, -0.15) is 9.78 Å². The van der Waals surface area contributed by atoms with Crippen molar-refractivity contribution in [2.45, 2.75) is 6.61 Å². The number of fused-ring (bicyclic) bond motifs is 2. The van der Waals surface area contributed by atoms with Crippen molar-refractivity contribution < 1.29 is 18.8 Å². The van der Waals surface area contributed by atoms with Crippen LogP contribution in [-0.2, 0) is 6.61 Å². The Morgan fingerprint density at radius 3 is 2.60 bits per heavy atom. The molecular formula is C31H21BrN4O6. The van der Waals surface area contributed by atoms with Crippen LogP contribution in [0.4, 0.5) is 5.69 Å². The highest BCUT2D eigenvalue weighted by atomic mass is 79.9. The van der Waals surface area contributed by atoms with Gasteiger partial charge in [-0.15, -0.1) is 0 Å². The number of nitrogens with zero attached hydrogens (tertiary/aromatic N) is 4. The molecule has 0 aliphatic carbocycles. The molecule has 0 aliphatic rings. The predicted molar refractivity (Wildman–Crippen MR) is 162 cm³/mol. The summed E-state index contributed by atoms with van der Waals surface area (Å²) >= 11 is 3.41. The van der Waals surface area contributed by atoms with Crippen LogP contribution in [0, 0.1) is 10.1 Å². The number of ether oxygens (including phenoxy) is 2. The Bertz CT molecular complexity index is 2050. The van der Waals surface area contributed by atoms with Crippen LogP contribution in [-0.4, -0.2) is 27.9 Å². The van der Waals surface area contributed by atoms with Crippen LogP contribution in [0.15, 0.2) is 110 Å². The first-order valence-electron chi connectivity index (χ1n) is 12.7. The summed E-state index contributed by atoms with van der Waals surface area (Å²) in [6.45, 7) is 0.218. The second-order valence-corrected chi connectivity index (χ2v) is 10.1. The van der Waals surface area contributed by atoms with Gasteiger partial charge in [-0.05, 0) is 54.1 Å². The van der Waals surface area contributed by atoms with Crippen molar-refractivity contribution in [1.29, 1.82) is 0 Å². The summed E-state index contributed by atoms with van der Waals surface area (Å²) < 4.78 is 19.6. The van der Waals surface area contributed by atoms with E-state index in [2.05, 4.69) is 21.0 Å². The highest BCUT2D eigenvalue weighted by Crippen LogP contribution is 2.33. The van der Waals surface area contributed by atoms with E-state index in [1.54, 1.807) is 55.6 Å². The molecule has 0 unspecified atom stereocenters. The number of hydrogen-bond acceptors (Lipinski definition) is 8. The molecule has 0 saturated carbocycles. The van der Waals surface area contributed by atoms with Crippen LogP contribution in [0.25, 0.3) is 33.5 Å². The van der Waals surface area contributed by atoms with Gasteiger partial charge in [-0.3, -0.25) is 14.9 Å². The standard InChI is InChI=1S/C31H21BrN4O6/c1-40-27-7-4-8-28-24(27)16-29(42-28)30-34-25-6-3-2-5-23(25)31(37)35(30)33-17-20-15-22(36(38)39)13-14-26(20)41-18-19-9-11-21(32)12-10-19/h2-17H,18H2,1H3. The van der Waals surface area contributed by atoms with E-state index in [0.717, 1.165) is 14.7 Å². The maximum atomic E-state index is 13.7. The molecule has 2 heterocycles. The minimum absolute atomic E-state index is 0.149. The highest BCUT2D eigenvalue weighted by molar-refractivity contribution is 9.10. The van der Waals surface area contributed by atoms with Crippen molar-refractivity contribution in [1.82, 2.24) is 9.66 Å². The predicted octanol–water partition coefficient (Wildman–Crippen LogP) is 6.95. The van der Waals surface area contributed by atoms with E-state index in [1.807, 2.05) is 24.3 Å². The van der Waals surface area contributed by atoms with Gasteiger partial charge in [0.2, 0.25) is 5.82 Å². The number of para-hydroxylation sites is 1. The number of non-ortho nitro benzene ring substituents is 1. The minimum atomic E-state index is -0.507. The van der Waals surface area contributed by atoms with Crippen LogP contribution in [0.3, 0.4) is 0 Å². The van der Waals surface area contributed by atoms with E-state index < -0.39 is 10.5 Å². The van der Waals surface area contributed by atoms with Crippen LogP contribution in [0.5, 0.6) is 11.5 Å². The molecule has 0 amide bonds. The minimum Gasteiger partial charge on any atom is -0.496 e. The average Bonchev–Trinajstić information content (AvgIpc) is 3.45. The average molecular weight is 625 g/mol. The van der Waals surface area contributed by atoms with E-state index >= 15 is 0 Å². The summed E-state index contributed by atoms with van der Waals surface area (Å²) in [6.07, 6.45) is 1.34. The Labute approximate surface area is 246 Å². The molecule has 10 nitrogen and oxygen atoms in total. The monoisotopic (exact) mass is 624 g/mol. The van der Waals surface area contributed by atoms with E-state index in [9.17, 15) is 14.9 Å². The molecule has 4 aromatic carbocycles.